The van der Waals surface area contributed by atoms with Crippen LogP contribution in [0.5, 0.6) is 0 Å². The van der Waals surface area contributed by atoms with E-state index in [1.807, 2.05) is 42.5 Å². The smallest absolute Gasteiger partial charge is 0.255 e. The van der Waals surface area contributed by atoms with Crippen molar-refractivity contribution < 1.29 is 9.59 Å². The standard InChI is InChI=1S/C18H21N3O2S/c1-20-11-9-19-17(20)16(22)13-6-5-10-21(12-13)18(23)14-7-3-4-8-15(14)24-2/h3-4,7-9,11,13H,5-6,10,12H2,1-2H3. The summed E-state index contributed by atoms with van der Waals surface area (Å²) < 4.78 is 1.74. The first-order chi connectivity index (χ1) is 11.6. The molecule has 0 saturated carbocycles. The molecule has 1 fully saturated rings. The first-order valence-electron chi connectivity index (χ1n) is 8.05. The summed E-state index contributed by atoms with van der Waals surface area (Å²) in [5.41, 5.74) is 0.718. The van der Waals surface area contributed by atoms with E-state index in [1.165, 1.54) is 0 Å². The lowest BCUT2D eigenvalue weighted by molar-refractivity contribution is 0.0630. The van der Waals surface area contributed by atoms with Crippen molar-refractivity contribution in [1.29, 1.82) is 0 Å². The summed E-state index contributed by atoms with van der Waals surface area (Å²) in [5, 5.41) is 0. The van der Waals surface area contributed by atoms with Gasteiger partial charge in [0.2, 0.25) is 5.78 Å². The highest BCUT2D eigenvalue weighted by Crippen LogP contribution is 2.25. The van der Waals surface area contributed by atoms with Crippen molar-refractivity contribution in [3.8, 4) is 0 Å². The number of carbonyl (C=O) groups is 2. The zero-order valence-electron chi connectivity index (χ0n) is 13.9. The van der Waals surface area contributed by atoms with E-state index in [0.717, 1.165) is 23.3 Å². The molecule has 1 aromatic heterocycles. The van der Waals surface area contributed by atoms with Crippen LogP contribution in [-0.2, 0) is 7.05 Å². The fraction of sp³-hybridized carbons (Fsp3) is 0.389. The number of rotatable bonds is 4. The second kappa shape index (κ2) is 7.21. The van der Waals surface area contributed by atoms with Crippen molar-refractivity contribution in [1.82, 2.24) is 14.5 Å². The SMILES string of the molecule is CSc1ccccc1C(=O)N1CCCC(C(=O)c2nccn2C)C1. The van der Waals surface area contributed by atoms with Gasteiger partial charge in [0.15, 0.2) is 5.82 Å². The Balaban J connectivity index is 1.77. The van der Waals surface area contributed by atoms with Crippen LogP contribution >= 0.6 is 11.8 Å². The highest BCUT2D eigenvalue weighted by Gasteiger charge is 2.31. The summed E-state index contributed by atoms with van der Waals surface area (Å²) in [7, 11) is 1.82. The Morgan fingerprint density at radius 3 is 2.79 bits per heavy atom. The number of nitrogens with zero attached hydrogens (tertiary/aromatic N) is 3. The summed E-state index contributed by atoms with van der Waals surface area (Å²) in [5.74, 6) is 0.333. The lowest BCUT2D eigenvalue weighted by Gasteiger charge is -2.32. The molecule has 1 aliphatic rings. The first kappa shape index (κ1) is 16.8. The van der Waals surface area contributed by atoms with Crippen LogP contribution < -0.4 is 0 Å². The lowest BCUT2D eigenvalue weighted by atomic mass is 9.93. The van der Waals surface area contributed by atoms with Gasteiger partial charge >= 0.3 is 0 Å². The summed E-state index contributed by atoms with van der Waals surface area (Å²) in [6.45, 7) is 1.17. The van der Waals surface area contributed by atoms with E-state index in [2.05, 4.69) is 4.98 Å². The van der Waals surface area contributed by atoms with Gasteiger partial charge in [-0.2, -0.15) is 0 Å². The lowest BCUT2D eigenvalue weighted by Crippen LogP contribution is -2.42. The molecule has 6 heteroatoms. The highest BCUT2D eigenvalue weighted by molar-refractivity contribution is 7.98. The number of thioether (sulfide) groups is 1. The van der Waals surface area contributed by atoms with Crippen molar-refractivity contribution in [3.05, 3.63) is 48.0 Å². The predicted octanol–water partition coefficient (Wildman–Crippen LogP) is 2.88. The zero-order valence-corrected chi connectivity index (χ0v) is 14.8. The largest absolute Gasteiger partial charge is 0.338 e. The Labute approximate surface area is 146 Å². The van der Waals surface area contributed by atoms with E-state index in [-0.39, 0.29) is 17.6 Å². The third-order valence-electron chi connectivity index (χ3n) is 4.46. The summed E-state index contributed by atoms with van der Waals surface area (Å²) in [6.07, 6.45) is 7.02. The van der Waals surface area contributed by atoms with Crippen molar-refractivity contribution in [3.63, 3.8) is 0 Å². The molecule has 126 valence electrons. The molecule has 2 heterocycles. The Bertz CT molecular complexity index is 756. The number of likely N-dealkylation sites (tertiary alicyclic amines) is 1. The highest BCUT2D eigenvalue weighted by atomic mass is 32.2. The molecule has 1 aliphatic heterocycles. The van der Waals surface area contributed by atoms with Crippen LogP contribution in [0, 0.1) is 5.92 Å². The van der Waals surface area contributed by atoms with Crippen LogP contribution in [0.3, 0.4) is 0 Å². The summed E-state index contributed by atoms with van der Waals surface area (Å²) in [6, 6.07) is 7.64. The minimum atomic E-state index is -0.176. The number of hydrogen-bond acceptors (Lipinski definition) is 4. The molecule has 3 rings (SSSR count). The Morgan fingerprint density at radius 1 is 1.29 bits per heavy atom. The van der Waals surface area contributed by atoms with Crippen molar-refractivity contribution in [2.24, 2.45) is 13.0 Å². The molecule has 5 nitrogen and oxygen atoms in total. The minimum absolute atomic E-state index is 0.0114. The van der Waals surface area contributed by atoms with E-state index in [1.54, 1.807) is 28.7 Å². The molecule has 1 saturated heterocycles. The van der Waals surface area contributed by atoms with E-state index in [4.69, 9.17) is 0 Å². The average Bonchev–Trinajstić information content (AvgIpc) is 3.06. The third-order valence-corrected chi connectivity index (χ3v) is 5.25. The number of carbonyl (C=O) groups excluding carboxylic acids is 2. The molecule has 0 bridgehead atoms. The normalized spacial score (nSPS) is 17.8. The molecule has 1 atom stereocenters. The van der Waals surface area contributed by atoms with Gasteiger partial charge < -0.3 is 9.47 Å². The Kier molecular flexibility index (Phi) is 5.04. The molecule has 0 spiro atoms. The van der Waals surface area contributed by atoms with Crippen LogP contribution in [0.2, 0.25) is 0 Å². The maximum absolute atomic E-state index is 12.9. The maximum Gasteiger partial charge on any atom is 0.255 e. The fourth-order valence-corrected chi connectivity index (χ4v) is 3.74. The molecular formula is C18H21N3O2S. The predicted molar refractivity (Wildman–Crippen MR) is 94.4 cm³/mol. The zero-order chi connectivity index (χ0) is 17.1. The molecular weight excluding hydrogens is 322 g/mol. The number of amides is 1. The van der Waals surface area contributed by atoms with Gasteiger partial charge in [0.25, 0.3) is 5.91 Å². The van der Waals surface area contributed by atoms with Gasteiger partial charge in [-0.1, -0.05) is 12.1 Å². The second-order valence-corrected chi connectivity index (χ2v) is 6.86. The number of imidazole rings is 1. The van der Waals surface area contributed by atoms with Crippen LogP contribution in [0.1, 0.15) is 33.8 Å². The second-order valence-electron chi connectivity index (χ2n) is 6.02. The quantitative estimate of drug-likeness (QED) is 0.633. The number of ketones is 1. The summed E-state index contributed by atoms with van der Waals surface area (Å²) in [4.78, 5) is 32.5. The van der Waals surface area contributed by atoms with Crippen LogP contribution in [0.4, 0.5) is 0 Å². The van der Waals surface area contributed by atoms with Crippen molar-refractivity contribution >= 4 is 23.5 Å². The number of hydrogen-bond donors (Lipinski definition) is 0. The number of aryl methyl sites for hydroxylation is 1. The maximum atomic E-state index is 12.9. The fourth-order valence-electron chi connectivity index (χ4n) is 3.15. The monoisotopic (exact) mass is 343 g/mol. The number of piperidine rings is 1. The van der Waals surface area contributed by atoms with E-state index < -0.39 is 0 Å². The van der Waals surface area contributed by atoms with Gasteiger partial charge in [0.05, 0.1) is 5.56 Å². The number of benzene rings is 1. The van der Waals surface area contributed by atoms with Gasteiger partial charge in [0, 0.05) is 43.3 Å². The van der Waals surface area contributed by atoms with Gasteiger partial charge in [-0.05, 0) is 31.2 Å². The Hall–Kier alpha value is -2.08. The van der Waals surface area contributed by atoms with E-state index >= 15 is 0 Å². The summed E-state index contributed by atoms with van der Waals surface area (Å²) >= 11 is 1.57. The van der Waals surface area contributed by atoms with Gasteiger partial charge in [-0.15, -0.1) is 11.8 Å². The van der Waals surface area contributed by atoms with Crippen LogP contribution in [0.25, 0.3) is 0 Å². The molecule has 0 N–H and O–H groups in total. The molecule has 24 heavy (non-hydrogen) atoms. The first-order valence-corrected chi connectivity index (χ1v) is 9.28. The van der Waals surface area contributed by atoms with Gasteiger partial charge in [0.1, 0.15) is 0 Å². The molecule has 2 aromatic rings. The molecule has 1 amide bonds. The molecule has 1 unspecified atom stereocenters. The molecule has 0 radical (unpaired) electrons. The molecule has 1 aromatic carbocycles. The van der Waals surface area contributed by atoms with Crippen molar-refractivity contribution in [2.45, 2.75) is 17.7 Å². The minimum Gasteiger partial charge on any atom is -0.338 e. The van der Waals surface area contributed by atoms with Gasteiger partial charge in [-0.3, -0.25) is 9.59 Å². The topological polar surface area (TPSA) is 55.2 Å². The van der Waals surface area contributed by atoms with E-state index in [0.29, 0.717) is 18.9 Å². The van der Waals surface area contributed by atoms with Gasteiger partial charge in [-0.25, -0.2) is 4.98 Å². The van der Waals surface area contributed by atoms with E-state index in [9.17, 15) is 9.59 Å². The molecule has 0 aliphatic carbocycles. The Morgan fingerprint density at radius 2 is 2.08 bits per heavy atom. The number of Topliss-reactive ketones (excluding diaryl/α,β-unsaturated/α-hetero) is 1. The van der Waals surface area contributed by atoms with Crippen LogP contribution in [0.15, 0.2) is 41.6 Å². The third kappa shape index (κ3) is 3.24. The number of aromatic nitrogens is 2. The van der Waals surface area contributed by atoms with Crippen LogP contribution in [-0.4, -0.2) is 45.5 Å². The average molecular weight is 343 g/mol. The van der Waals surface area contributed by atoms with Crippen molar-refractivity contribution in [2.75, 3.05) is 19.3 Å².